The molecule has 0 radical (unpaired) electrons. The molecule has 0 saturated carbocycles. The summed E-state index contributed by atoms with van der Waals surface area (Å²) in [5, 5.41) is 14.1. The summed E-state index contributed by atoms with van der Waals surface area (Å²) in [6.45, 7) is 5.91. The fourth-order valence-corrected chi connectivity index (χ4v) is 4.18. The number of anilines is 1. The van der Waals surface area contributed by atoms with E-state index in [9.17, 15) is 0 Å². The summed E-state index contributed by atoms with van der Waals surface area (Å²) in [6.07, 6.45) is 0.503. The average Bonchev–Trinajstić information content (AvgIpc) is 3.30. The fraction of sp³-hybridized carbons (Fsp3) is 0.300. The Kier molecular flexibility index (Phi) is 5.85. The van der Waals surface area contributed by atoms with Crippen molar-refractivity contribution >= 4 is 27.8 Å². The molecule has 25 heavy (non-hydrogen) atoms. The van der Waals surface area contributed by atoms with Crippen molar-refractivity contribution in [2.45, 2.75) is 32.7 Å². The van der Waals surface area contributed by atoms with E-state index in [1.54, 1.807) is 22.7 Å². The van der Waals surface area contributed by atoms with E-state index in [4.69, 9.17) is 10.2 Å². The molecule has 0 bridgehead atoms. The largest absolute Gasteiger partial charge is 0.342 e. The van der Waals surface area contributed by atoms with Gasteiger partial charge in [0.2, 0.25) is 0 Å². The zero-order chi connectivity index (χ0) is 17.6. The molecule has 128 valence electrons. The molecule has 0 amide bonds. The second kappa shape index (κ2) is 8.28. The van der Waals surface area contributed by atoms with Crippen LogP contribution in [-0.2, 0) is 6.54 Å². The van der Waals surface area contributed by atoms with Crippen molar-refractivity contribution in [1.29, 1.82) is 5.26 Å². The van der Waals surface area contributed by atoms with Crippen LogP contribution in [0.4, 0.5) is 5.13 Å². The van der Waals surface area contributed by atoms with E-state index in [2.05, 4.69) is 72.0 Å². The standard InChI is InChI=1S/C20H21N3S2/c1-15(2)16-6-8-17(9-7-16)19-14-25-20(22-19)23(11-4-10-21)13-18-5-3-12-24-18/h3,5-9,12,14-15H,4,11,13H2,1-2H3. The van der Waals surface area contributed by atoms with E-state index in [0.29, 0.717) is 18.9 Å². The first-order chi connectivity index (χ1) is 12.2. The van der Waals surface area contributed by atoms with Gasteiger partial charge < -0.3 is 4.90 Å². The van der Waals surface area contributed by atoms with Gasteiger partial charge in [-0.15, -0.1) is 22.7 Å². The maximum absolute atomic E-state index is 8.95. The van der Waals surface area contributed by atoms with Gasteiger partial charge in [-0.3, -0.25) is 0 Å². The third kappa shape index (κ3) is 4.47. The Morgan fingerprint density at radius 3 is 2.60 bits per heavy atom. The Morgan fingerprint density at radius 1 is 1.16 bits per heavy atom. The van der Waals surface area contributed by atoms with E-state index >= 15 is 0 Å². The van der Waals surface area contributed by atoms with Crippen LogP contribution in [0.15, 0.2) is 47.2 Å². The smallest absolute Gasteiger partial charge is 0.186 e. The number of hydrogen-bond acceptors (Lipinski definition) is 5. The van der Waals surface area contributed by atoms with Gasteiger partial charge in [0, 0.05) is 22.4 Å². The van der Waals surface area contributed by atoms with Crippen LogP contribution in [0.3, 0.4) is 0 Å². The Bertz CT molecular complexity index is 827. The molecule has 0 fully saturated rings. The maximum atomic E-state index is 8.95. The molecule has 3 aromatic rings. The van der Waals surface area contributed by atoms with E-state index in [-0.39, 0.29) is 0 Å². The number of hydrogen-bond donors (Lipinski definition) is 0. The lowest BCUT2D eigenvalue weighted by Crippen LogP contribution is -2.23. The summed E-state index contributed by atoms with van der Waals surface area (Å²) in [7, 11) is 0. The summed E-state index contributed by atoms with van der Waals surface area (Å²) >= 11 is 3.38. The van der Waals surface area contributed by atoms with Gasteiger partial charge in [0.1, 0.15) is 0 Å². The third-order valence-corrected chi connectivity index (χ3v) is 5.82. The number of aromatic nitrogens is 1. The van der Waals surface area contributed by atoms with Gasteiger partial charge >= 0.3 is 0 Å². The molecule has 0 unspecified atom stereocenters. The van der Waals surface area contributed by atoms with Crippen molar-refractivity contribution < 1.29 is 0 Å². The zero-order valence-electron chi connectivity index (χ0n) is 14.5. The van der Waals surface area contributed by atoms with Crippen molar-refractivity contribution in [1.82, 2.24) is 4.98 Å². The molecule has 5 heteroatoms. The van der Waals surface area contributed by atoms with E-state index < -0.39 is 0 Å². The molecule has 0 saturated heterocycles. The molecule has 0 spiro atoms. The van der Waals surface area contributed by atoms with Gasteiger partial charge in [-0.25, -0.2) is 4.98 Å². The first-order valence-corrected chi connectivity index (χ1v) is 10.1. The fourth-order valence-electron chi connectivity index (χ4n) is 2.60. The molecule has 1 aromatic carbocycles. The third-order valence-electron chi connectivity index (χ3n) is 4.06. The Balaban J connectivity index is 1.80. The molecular weight excluding hydrogens is 346 g/mol. The Morgan fingerprint density at radius 2 is 1.96 bits per heavy atom. The highest BCUT2D eigenvalue weighted by atomic mass is 32.1. The monoisotopic (exact) mass is 367 g/mol. The number of thiazole rings is 1. The van der Waals surface area contributed by atoms with Crippen molar-refractivity contribution in [3.63, 3.8) is 0 Å². The minimum atomic E-state index is 0.503. The minimum absolute atomic E-state index is 0.503. The summed E-state index contributed by atoms with van der Waals surface area (Å²) in [5.74, 6) is 0.535. The SMILES string of the molecule is CC(C)c1ccc(-c2csc(N(CCC#N)Cc3cccs3)n2)cc1. The highest BCUT2D eigenvalue weighted by Crippen LogP contribution is 2.30. The predicted octanol–water partition coefficient (Wildman–Crippen LogP) is 5.92. The van der Waals surface area contributed by atoms with Gasteiger partial charge in [-0.1, -0.05) is 44.2 Å². The van der Waals surface area contributed by atoms with Gasteiger partial charge in [-0.05, 0) is 22.9 Å². The number of nitriles is 1. The van der Waals surface area contributed by atoms with Crippen LogP contribution in [0.1, 0.15) is 36.6 Å². The zero-order valence-corrected chi connectivity index (χ0v) is 16.1. The molecule has 0 aliphatic heterocycles. The minimum Gasteiger partial charge on any atom is -0.342 e. The van der Waals surface area contributed by atoms with Crippen molar-refractivity contribution in [2.24, 2.45) is 0 Å². The van der Waals surface area contributed by atoms with Gasteiger partial charge in [0.25, 0.3) is 0 Å². The van der Waals surface area contributed by atoms with E-state index in [0.717, 1.165) is 22.9 Å². The van der Waals surface area contributed by atoms with E-state index in [1.165, 1.54) is 10.4 Å². The van der Waals surface area contributed by atoms with Crippen LogP contribution < -0.4 is 4.90 Å². The first kappa shape index (κ1) is 17.7. The van der Waals surface area contributed by atoms with Crippen LogP contribution in [0.5, 0.6) is 0 Å². The maximum Gasteiger partial charge on any atom is 0.186 e. The molecule has 2 aromatic heterocycles. The van der Waals surface area contributed by atoms with Crippen LogP contribution in [-0.4, -0.2) is 11.5 Å². The molecular formula is C20H21N3S2. The topological polar surface area (TPSA) is 39.9 Å². The van der Waals surface area contributed by atoms with Crippen molar-refractivity contribution in [2.75, 3.05) is 11.4 Å². The van der Waals surface area contributed by atoms with Crippen LogP contribution in [0.2, 0.25) is 0 Å². The number of thiophene rings is 1. The Hall–Kier alpha value is -2.16. The summed E-state index contributed by atoms with van der Waals surface area (Å²) < 4.78 is 0. The lowest BCUT2D eigenvalue weighted by Gasteiger charge is -2.19. The molecule has 0 N–H and O–H groups in total. The Labute approximate surface area is 157 Å². The molecule has 0 aliphatic rings. The quantitative estimate of drug-likeness (QED) is 0.521. The first-order valence-electron chi connectivity index (χ1n) is 8.37. The second-order valence-corrected chi connectivity index (χ2v) is 8.07. The molecule has 0 atom stereocenters. The number of nitrogens with zero attached hydrogens (tertiary/aromatic N) is 3. The number of benzene rings is 1. The normalized spacial score (nSPS) is 10.8. The highest BCUT2D eigenvalue weighted by molar-refractivity contribution is 7.14. The average molecular weight is 368 g/mol. The summed E-state index contributed by atoms with van der Waals surface area (Å²) in [6, 6.07) is 15.1. The molecule has 3 rings (SSSR count). The van der Waals surface area contributed by atoms with Crippen LogP contribution in [0.25, 0.3) is 11.3 Å². The van der Waals surface area contributed by atoms with E-state index in [1.807, 2.05) is 0 Å². The van der Waals surface area contributed by atoms with Gasteiger partial charge in [0.15, 0.2) is 5.13 Å². The van der Waals surface area contributed by atoms with Crippen LogP contribution in [0, 0.1) is 11.3 Å². The van der Waals surface area contributed by atoms with Crippen molar-refractivity contribution in [3.8, 4) is 17.3 Å². The molecule has 2 heterocycles. The summed E-state index contributed by atoms with van der Waals surface area (Å²) in [5.41, 5.74) is 3.49. The lowest BCUT2D eigenvalue weighted by molar-refractivity contribution is 0.802. The van der Waals surface area contributed by atoms with Gasteiger partial charge in [-0.2, -0.15) is 5.26 Å². The van der Waals surface area contributed by atoms with Gasteiger partial charge in [0.05, 0.1) is 24.7 Å². The molecule has 0 aliphatic carbocycles. The van der Waals surface area contributed by atoms with Crippen molar-refractivity contribution in [3.05, 3.63) is 57.6 Å². The number of rotatable bonds is 7. The molecule has 3 nitrogen and oxygen atoms in total. The van der Waals surface area contributed by atoms with Crippen LogP contribution >= 0.6 is 22.7 Å². The predicted molar refractivity (Wildman–Crippen MR) is 107 cm³/mol. The highest BCUT2D eigenvalue weighted by Gasteiger charge is 2.13. The second-order valence-electron chi connectivity index (χ2n) is 6.20. The lowest BCUT2D eigenvalue weighted by atomic mass is 10.0. The summed E-state index contributed by atoms with van der Waals surface area (Å²) in [4.78, 5) is 8.32.